The van der Waals surface area contributed by atoms with E-state index in [4.69, 9.17) is 0 Å². The monoisotopic (exact) mass is 301 g/mol. The molecule has 0 amide bonds. The van der Waals surface area contributed by atoms with Crippen molar-refractivity contribution in [1.29, 1.82) is 0 Å². The van der Waals surface area contributed by atoms with Gasteiger partial charge in [-0.1, -0.05) is 30.3 Å². The fourth-order valence-electron chi connectivity index (χ4n) is 2.92. The first-order valence-electron chi connectivity index (χ1n) is 7.61. The number of nitrogens with zero attached hydrogens (tertiary/aromatic N) is 3. The molecule has 4 rings (SSSR count). The Bertz CT molecular complexity index is 979. The molecule has 23 heavy (non-hydrogen) atoms. The Hall–Kier alpha value is -3.01. The molecule has 3 aromatic heterocycles. The summed E-state index contributed by atoms with van der Waals surface area (Å²) in [5.74, 6) is 0. The number of pyridine rings is 3. The Morgan fingerprint density at radius 1 is 0.783 bits per heavy atom. The molecule has 0 aliphatic heterocycles. The summed E-state index contributed by atoms with van der Waals surface area (Å²) < 4.78 is 2.04. The standard InChI is InChI=1S/C19H15N3O/c23-17-15-8-4-11-20-18(15)22(19-16(17)9-5-12-21-19)13-10-14-6-2-1-3-7-14/h1-9,11-12H,10,13H2. The third-order valence-corrected chi connectivity index (χ3v) is 4.04. The highest BCUT2D eigenvalue weighted by Crippen LogP contribution is 2.16. The molecular formula is C19H15N3O. The summed E-state index contributed by atoms with van der Waals surface area (Å²) in [6.45, 7) is 0.728. The first kappa shape index (κ1) is 13.6. The SMILES string of the molecule is O=c1c2cccnc2n(CCc2ccccc2)c2ncccc12. The molecule has 0 fully saturated rings. The van der Waals surface area contributed by atoms with Crippen LogP contribution in [0.1, 0.15) is 5.56 Å². The van der Waals surface area contributed by atoms with Crippen LogP contribution >= 0.6 is 0 Å². The van der Waals surface area contributed by atoms with Gasteiger partial charge >= 0.3 is 0 Å². The van der Waals surface area contributed by atoms with Gasteiger partial charge in [0, 0.05) is 18.9 Å². The van der Waals surface area contributed by atoms with Crippen molar-refractivity contribution >= 4 is 22.1 Å². The van der Waals surface area contributed by atoms with Crippen LogP contribution in [0, 0.1) is 0 Å². The molecule has 0 N–H and O–H groups in total. The maximum absolute atomic E-state index is 12.6. The second-order valence-corrected chi connectivity index (χ2v) is 5.47. The molecule has 112 valence electrons. The van der Waals surface area contributed by atoms with E-state index in [2.05, 4.69) is 22.1 Å². The number of fused-ring (bicyclic) bond motifs is 2. The number of benzene rings is 1. The van der Waals surface area contributed by atoms with Gasteiger partial charge in [-0.2, -0.15) is 0 Å². The Kier molecular flexibility index (Phi) is 3.35. The summed E-state index contributed by atoms with van der Waals surface area (Å²) in [4.78, 5) is 21.5. The summed E-state index contributed by atoms with van der Waals surface area (Å²) in [5, 5.41) is 1.28. The van der Waals surface area contributed by atoms with Gasteiger partial charge in [-0.25, -0.2) is 9.97 Å². The van der Waals surface area contributed by atoms with Crippen molar-refractivity contribution in [1.82, 2.24) is 14.5 Å². The Morgan fingerprint density at radius 3 is 2.00 bits per heavy atom. The zero-order valence-electron chi connectivity index (χ0n) is 12.5. The first-order valence-corrected chi connectivity index (χ1v) is 7.61. The number of rotatable bonds is 3. The van der Waals surface area contributed by atoms with Crippen molar-refractivity contribution in [2.45, 2.75) is 13.0 Å². The molecule has 0 bridgehead atoms. The molecule has 4 heteroatoms. The molecule has 0 unspecified atom stereocenters. The third-order valence-electron chi connectivity index (χ3n) is 4.04. The van der Waals surface area contributed by atoms with Crippen molar-refractivity contribution in [3.05, 3.63) is 82.8 Å². The van der Waals surface area contributed by atoms with Gasteiger partial charge < -0.3 is 4.57 Å². The highest BCUT2D eigenvalue weighted by atomic mass is 16.1. The van der Waals surface area contributed by atoms with E-state index in [1.54, 1.807) is 24.5 Å². The third kappa shape index (κ3) is 2.38. The van der Waals surface area contributed by atoms with E-state index >= 15 is 0 Å². The normalized spacial score (nSPS) is 11.1. The van der Waals surface area contributed by atoms with Gasteiger partial charge in [0.05, 0.1) is 10.8 Å². The molecule has 0 radical (unpaired) electrons. The molecule has 0 atom stereocenters. The van der Waals surface area contributed by atoms with Crippen LogP contribution in [0.25, 0.3) is 22.1 Å². The van der Waals surface area contributed by atoms with E-state index in [-0.39, 0.29) is 5.43 Å². The second kappa shape index (κ2) is 5.65. The van der Waals surface area contributed by atoms with Crippen molar-refractivity contribution < 1.29 is 0 Å². The van der Waals surface area contributed by atoms with Crippen molar-refractivity contribution in [3.8, 4) is 0 Å². The van der Waals surface area contributed by atoms with Crippen LogP contribution in [-0.2, 0) is 13.0 Å². The average Bonchev–Trinajstić information content (AvgIpc) is 2.63. The summed E-state index contributed by atoms with van der Waals surface area (Å²) >= 11 is 0. The maximum Gasteiger partial charge on any atom is 0.200 e. The lowest BCUT2D eigenvalue weighted by molar-refractivity contribution is 0.726. The van der Waals surface area contributed by atoms with Crippen molar-refractivity contribution in [2.75, 3.05) is 0 Å². The number of hydrogen-bond acceptors (Lipinski definition) is 3. The quantitative estimate of drug-likeness (QED) is 0.546. The predicted octanol–water partition coefficient (Wildman–Crippen LogP) is 3.19. The Morgan fingerprint density at radius 2 is 1.39 bits per heavy atom. The fourth-order valence-corrected chi connectivity index (χ4v) is 2.92. The highest BCUT2D eigenvalue weighted by molar-refractivity contribution is 5.89. The minimum atomic E-state index is -0.00726. The van der Waals surface area contributed by atoms with Crippen LogP contribution in [0.4, 0.5) is 0 Å². The maximum atomic E-state index is 12.6. The molecule has 0 saturated carbocycles. The minimum Gasteiger partial charge on any atom is -0.309 e. The molecule has 4 nitrogen and oxygen atoms in total. The smallest absolute Gasteiger partial charge is 0.200 e. The van der Waals surface area contributed by atoms with Crippen LogP contribution in [0.2, 0.25) is 0 Å². The molecular weight excluding hydrogens is 286 g/mol. The molecule has 0 aliphatic carbocycles. The van der Waals surface area contributed by atoms with Gasteiger partial charge in [0.15, 0.2) is 5.43 Å². The molecule has 4 aromatic rings. The average molecular weight is 301 g/mol. The summed E-state index contributed by atoms with van der Waals surface area (Å²) in [6.07, 6.45) is 4.30. The summed E-state index contributed by atoms with van der Waals surface area (Å²) in [6, 6.07) is 17.5. The molecule has 1 aromatic carbocycles. The number of aromatic nitrogens is 3. The zero-order chi connectivity index (χ0) is 15.6. The Labute approximate surface area is 133 Å². The van der Waals surface area contributed by atoms with E-state index in [0.29, 0.717) is 22.1 Å². The van der Waals surface area contributed by atoms with Crippen LogP contribution in [0.5, 0.6) is 0 Å². The molecule has 0 aliphatic rings. The van der Waals surface area contributed by atoms with Crippen LogP contribution in [0.15, 0.2) is 71.8 Å². The van der Waals surface area contributed by atoms with Crippen LogP contribution < -0.4 is 5.43 Å². The van der Waals surface area contributed by atoms with E-state index in [1.807, 2.05) is 34.9 Å². The van der Waals surface area contributed by atoms with Crippen molar-refractivity contribution in [3.63, 3.8) is 0 Å². The molecule has 0 spiro atoms. The zero-order valence-corrected chi connectivity index (χ0v) is 12.5. The van der Waals surface area contributed by atoms with Gasteiger partial charge in [0.25, 0.3) is 0 Å². The molecule has 3 heterocycles. The minimum absolute atomic E-state index is 0.00726. The molecule has 0 saturated heterocycles. The second-order valence-electron chi connectivity index (χ2n) is 5.47. The van der Waals surface area contributed by atoms with Gasteiger partial charge in [0.1, 0.15) is 11.3 Å². The van der Waals surface area contributed by atoms with Gasteiger partial charge in [-0.15, -0.1) is 0 Å². The lowest BCUT2D eigenvalue weighted by Crippen LogP contribution is -2.14. The lowest BCUT2D eigenvalue weighted by Gasteiger charge is -2.13. The van der Waals surface area contributed by atoms with Crippen LogP contribution in [-0.4, -0.2) is 14.5 Å². The van der Waals surface area contributed by atoms with Crippen LogP contribution in [0.3, 0.4) is 0 Å². The van der Waals surface area contributed by atoms with Gasteiger partial charge in [-0.3, -0.25) is 4.79 Å². The Balaban J connectivity index is 1.92. The topological polar surface area (TPSA) is 47.8 Å². The van der Waals surface area contributed by atoms with E-state index in [0.717, 1.165) is 13.0 Å². The summed E-state index contributed by atoms with van der Waals surface area (Å²) in [7, 11) is 0. The summed E-state index contributed by atoms with van der Waals surface area (Å²) in [5.41, 5.74) is 2.63. The number of aryl methyl sites for hydroxylation is 2. The fraction of sp³-hybridized carbons (Fsp3) is 0.105. The van der Waals surface area contributed by atoms with E-state index < -0.39 is 0 Å². The lowest BCUT2D eigenvalue weighted by atomic mass is 10.1. The van der Waals surface area contributed by atoms with E-state index in [9.17, 15) is 4.79 Å². The highest BCUT2D eigenvalue weighted by Gasteiger charge is 2.11. The number of hydrogen-bond donors (Lipinski definition) is 0. The largest absolute Gasteiger partial charge is 0.309 e. The van der Waals surface area contributed by atoms with Crippen molar-refractivity contribution in [2.24, 2.45) is 0 Å². The predicted molar refractivity (Wildman–Crippen MR) is 91.5 cm³/mol. The van der Waals surface area contributed by atoms with Gasteiger partial charge in [0.2, 0.25) is 0 Å². The van der Waals surface area contributed by atoms with E-state index in [1.165, 1.54) is 5.56 Å². The first-order chi connectivity index (χ1) is 11.3. The van der Waals surface area contributed by atoms with Gasteiger partial charge in [-0.05, 0) is 36.2 Å².